The Morgan fingerprint density at radius 2 is 2.00 bits per heavy atom. The first-order valence-electron chi connectivity index (χ1n) is 6.05. The lowest BCUT2D eigenvalue weighted by Crippen LogP contribution is -2.18. The van der Waals surface area contributed by atoms with Crippen molar-refractivity contribution in [2.45, 2.75) is 36.4 Å². The third-order valence-electron chi connectivity index (χ3n) is 2.52. The Labute approximate surface area is 126 Å². The molecule has 0 fully saturated rings. The Balaban J connectivity index is 2.26. The first kappa shape index (κ1) is 14.5. The molecular weight excluding hydrogens is 322 g/mol. The average Bonchev–Trinajstić information content (AvgIpc) is 2.34. The van der Waals surface area contributed by atoms with E-state index in [1.54, 1.807) is 11.8 Å². The van der Waals surface area contributed by atoms with Crippen molar-refractivity contribution in [1.82, 2.24) is 9.97 Å². The molecule has 0 bridgehead atoms. The summed E-state index contributed by atoms with van der Waals surface area (Å²) in [6.45, 7) is 3.99. The normalized spacial score (nSPS) is 12.4. The molecule has 0 aliphatic rings. The van der Waals surface area contributed by atoms with Crippen LogP contribution in [-0.2, 0) is 6.42 Å². The van der Waals surface area contributed by atoms with Gasteiger partial charge in [-0.05, 0) is 61.4 Å². The number of hydrogen-bond donors (Lipinski definition) is 1. The van der Waals surface area contributed by atoms with Crippen molar-refractivity contribution in [2.75, 3.05) is 0 Å². The van der Waals surface area contributed by atoms with E-state index in [9.17, 15) is 0 Å². The van der Waals surface area contributed by atoms with Crippen molar-refractivity contribution in [3.8, 4) is 0 Å². The summed E-state index contributed by atoms with van der Waals surface area (Å²) in [5, 5.41) is 0.763. The molecule has 2 aromatic rings. The molecule has 0 amide bonds. The molecule has 1 aromatic heterocycles. The Kier molecular flexibility index (Phi) is 4.96. The summed E-state index contributed by atoms with van der Waals surface area (Å²) in [4.78, 5) is 9.81. The topological polar surface area (TPSA) is 51.8 Å². The Morgan fingerprint density at radius 3 is 2.63 bits per heavy atom. The van der Waals surface area contributed by atoms with Crippen LogP contribution in [-0.4, -0.2) is 16.0 Å². The standard InChI is InChI=1S/C14H16BrN3S/c1-9-7-17-14(18-8-9)19-13-4-3-12(15)6-11(13)5-10(2)16/h3-4,6-8,10H,5,16H2,1-2H3. The summed E-state index contributed by atoms with van der Waals surface area (Å²) < 4.78 is 1.07. The summed E-state index contributed by atoms with van der Waals surface area (Å²) in [5.74, 6) is 0. The minimum atomic E-state index is 0.132. The van der Waals surface area contributed by atoms with Crippen molar-refractivity contribution in [2.24, 2.45) is 5.73 Å². The fraction of sp³-hybridized carbons (Fsp3) is 0.286. The zero-order chi connectivity index (χ0) is 13.8. The SMILES string of the molecule is Cc1cnc(Sc2ccc(Br)cc2CC(C)N)nc1. The maximum Gasteiger partial charge on any atom is 0.192 e. The van der Waals surface area contributed by atoms with E-state index in [-0.39, 0.29) is 6.04 Å². The van der Waals surface area contributed by atoms with Crippen LogP contribution >= 0.6 is 27.7 Å². The number of aryl methyl sites for hydroxylation is 1. The molecule has 1 aromatic carbocycles. The van der Waals surface area contributed by atoms with Crippen LogP contribution < -0.4 is 5.73 Å². The molecule has 19 heavy (non-hydrogen) atoms. The van der Waals surface area contributed by atoms with Crippen LogP contribution in [0, 0.1) is 6.92 Å². The molecule has 0 aliphatic carbocycles. The van der Waals surface area contributed by atoms with Crippen molar-refractivity contribution >= 4 is 27.7 Å². The van der Waals surface area contributed by atoms with Crippen LogP contribution in [0.3, 0.4) is 0 Å². The molecule has 0 aliphatic heterocycles. The number of aromatic nitrogens is 2. The highest BCUT2D eigenvalue weighted by atomic mass is 79.9. The molecule has 0 radical (unpaired) electrons. The van der Waals surface area contributed by atoms with Crippen LogP contribution in [0.5, 0.6) is 0 Å². The van der Waals surface area contributed by atoms with Crippen LogP contribution in [0.15, 0.2) is 45.1 Å². The Hall–Kier alpha value is -0.910. The van der Waals surface area contributed by atoms with E-state index in [2.05, 4.69) is 38.0 Å². The van der Waals surface area contributed by atoms with E-state index >= 15 is 0 Å². The minimum Gasteiger partial charge on any atom is -0.328 e. The average molecular weight is 338 g/mol. The van der Waals surface area contributed by atoms with Crippen LogP contribution in [0.1, 0.15) is 18.1 Å². The highest BCUT2D eigenvalue weighted by Gasteiger charge is 2.09. The van der Waals surface area contributed by atoms with Gasteiger partial charge in [-0.15, -0.1) is 0 Å². The van der Waals surface area contributed by atoms with Gasteiger partial charge in [0.25, 0.3) is 0 Å². The molecule has 0 spiro atoms. The summed E-state index contributed by atoms with van der Waals surface area (Å²) in [6.07, 6.45) is 4.51. The molecule has 1 unspecified atom stereocenters. The van der Waals surface area contributed by atoms with Gasteiger partial charge >= 0.3 is 0 Å². The number of benzene rings is 1. The number of hydrogen-bond acceptors (Lipinski definition) is 4. The maximum atomic E-state index is 5.90. The molecule has 2 N–H and O–H groups in total. The van der Waals surface area contributed by atoms with Gasteiger partial charge in [0.2, 0.25) is 0 Å². The first-order valence-corrected chi connectivity index (χ1v) is 7.66. The van der Waals surface area contributed by atoms with Crippen LogP contribution in [0.4, 0.5) is 0 Å². The largest absolute Gasteiger partial charge is 0.328 e. The van der Waals surface area contributed by atoms with Gasteiger partial charge in [0.15, 0.2) is 5.16 Å². The molecule has 1 heterocycles. The fourth-order valence-corrected chi connectivity index (χ4v) is 2.91. The van der Waals surface area contributed by atoms with Crippen molar-refractivity contribution in [1.29, 1.82) is 0 Å². The molecular formula is C14H16BrN3S. The minimum absolute atomic E-state index is 0.132. The number of nitrogens with zero attached hydrogens (tertiary/aromatic N) is 2. The zero-order valence-electron chi connectivity index (χ0n) is 10.9. The van der Waals surface area contributed by atoms with E-state index in [1.165, 1.54) is 5.56 Å². The van der Waals surface area contributed by atoms with Crippen molar-refractivity contribution in [3.63, 3.8) is 0 Å². The second kappa shape index (κ2) is 6.50. The van der Waals surface area contributed by atoms with E-state index < -0.39 is 0 Å². The monoisotopic (exact) mass is 337 g/mol. The number of halogens is 1. The van der Waals surface area contributed by atoms with Crippen molar-refractivity contribution < 1.29 is 0 Å². The van der Waals surface area contributed by atoms with Gasteiger partial charge in [-0.3, -0.25) is 0 Å². The van der Waals surface area contributed by atoms with Gasteiger partial charge in [0, 0.05) is 27.8 Å². The second-order valence-electron chi connectivity index (χ2n) is 4.58. The second-order valence-corrected chi connectivity index (χ2v) is 6.50. The highest BCUT2D eigenvalue weighted by molar-refractivity contribution is 9.10. The molecule has 1 atom stereocenters. The summed E-state index contributed by atoms with van der Waals surface area (Å²) >= 11 is 5.07. The predicted molar refractivity (Wildman–Crippen MR) is 82.4 cm³/mol. The maximum absolute atomic E-state index is 5.90. The van der Waals surface area contributed by atoms with Gasteiger partial charge in [-0.1, -0.05) is 15.9 Å². The smallest absolute Gasteiger partial charge is 0.192 e. The van der Waals surface area contributed by atoms with Crippen LogP contribution in [0.25, 0.3) is 0 Å². The molecule has 3 nitrogen and oxygen atoms in total. The van der Waals surface area contributed by atoms with E-state index in [1.807, 2.05) is 32.3 Å². The highest BCUT2D eigenvalue weighted by Crippen LogP contribution is 2.30. The third kappa shape index (κ3) is 4.30. The molecule has 0 saturated heterocycles. The molecule has 5 heteroatoms. The number of nitrogens with two attached hydrogens (primary N) is 1. The van der Waals surface area contributed by atoms with E-state index in [4.69, 9.17) is 5.73 Å². The van der Waals surface area contributed by atoms with Gasteiger partial charge in [0.1, 0.15) is 0 Å². The predicted octanol–water partition coefficient (Wildman–Crippen LogP) is 3.59. The van der Waals surface area contributed by atoms with E-state index in [0.717, 1.165) is 26.5 Å². The number of rotatable bonds is 4. The zero-order valence-corrected chi connectivity index (χ0v) is 13.3. The summed E-state index contributed by atoms with van der Waals surface area (Å²) in [7, 11) is 0. The summed E-state index contributed by atoms with van der Waals surface area (Å²) in [6, 6.07) is 6.35. The Morgan fingerprint density at radius 1 is 1.32 bits per heavy atom. The Bertz CT molecular complexity index is 555. The van der Waals surface area contributed by atoms with E-state index in [0.29, 0.717) is 0 Å². The quantitative estimate of drug-likeness (QED) is 0.866. The first-order chi connectivity index (χ1) is 9.04. The molecule has 2 rings (SSSR count). The lowest BCUT2D eigenvalue weighted by molar-refractivity contribution is 0.728. The molecule has 100 valence electrons. The fourth-order valence-electron chi connectivity index (χ4n) is 1.69. The third-order valence-corrected chi connectivity index (χ3v) is 4.03. The van der Waals surface area contributed by atoms with Crippen LogP contribution in [0.2, 0.25) is 0 Å². The summed E-state index contributed by atoms with van der Waals surface area (Å²) in [5.41, 5.74) is 8.19. The van der Waals surface area contributed by atoms with Gasteiger partial charge < -0.3 is 5.73 Å². The van der Waals surface area contributed by atoms with Gasteiger partial charge in [-0.25, -0.2) is 9.97 Å². The van der Waals surface area contributed by atoms with Gasteiger partial charge in [0.05, 0.1) is 0 Å². The molecule has 0 saturated carbocycles. The lowest BCUT2D eigenvalue weighted by atomic mass is 10.1. The lowest BCUT2D eigenvalue weighted by Gasteiger charge is -2.11. The van der Waals surface area contributed by atoms with Crippen molar-refractivity contribution in [3.05, 3.63) is 46.2 Å². The van der Waals surface area contributed by atoms with Gasteiger partial charge in [-0.2, -0.15) is 0 Å².